The Kier molecular flexibility index (Phi) is 5.27. The molecule has 110 valence electrons. The molecular formula is C16H23NO3. The molecule has 1 aromatic carbocycles. The third-order valence-electron chi connectivity index (χ3n) is 3.66. The van der Waals surface area contributed by atoms with Gasteiger partial charge in [0.25, 0.3) is 0 Å². The summed E-state index contributed by atoms with van der Waals surface area (Å²) in [5.41, 5.74) is 1.48. The number of carbonyl (C=O) groups excluding carboxylic acids is 1. The van der Waals surface area contributed by atoms with E-state index >= 15 is 0 Å². The lowest BCUT2D eigenvalue weighted by molar-refractivity contribution is 0.0596. The predicted molar refractivity (Wildman–Crippen MR) is 79.4 cm³/mol. The first-order valence-corrected chi connectivity index (χ1v) is 7.36. The highest BCUT2D eigenvalue weighted by atomic mass is 16.5. The Morgan fingerprint density at radius 1 is 1.30 bits per heavy atom. The minimum Gasteiger partial charge on any atom is -0.493 e. The van der Waals surface area contributed by atoms with Crippen molar-refractivity contribution in [1.29, 1.82) is 0 Å². The van der Waals surface area contributed by atoms with E-state index in [9.17, 15) is 4.79 Å². The van der Waals surface area contributed by atoms with Crippen LogP contribution in [0.25, 0.3) is 0 Å². The fourth-order valence-electron chi connectivity index (χ4n) is 2.65. The van der Waals surface area contributed by atoms with Crippen molar-refractivity contribution in [3.8, 4) is 5.75 Å². The highest BCUT2D eigenvalue weighted by molar-refractivity contribution is 5.93. The maximum atomic E-state index is 11.7. The number of esters is 1. The Morgan fingerprint density at radius 3 is 2.70 bits per heavy atom. The van der Waals surface area contributed by atoms with Crippen molar-refractivity contribution in [2.24, 2.45) is 0 Å². The standard InChI is InChI=1S/C16H23NO3/c1-3-20-15-11-13(9-10-14(15)16(18)19-2)17-12-7-5-4-6-8-12/h9-12,17H,3-8H2,1-2H3. The zero-order valence-electron chi connectivity index (χ0n) is 12.3. The van der Waals surface area contributed by atoms with Crippen molar-refractivity contribution in [3.05, 3.63) is 23.8 Å². The number of hydrogen-bond donors (Lipinski definition) is 1. The van der Waals surface area contributed by atoms with E-state index in [1.54, 1.807) is 6.07 Å². The summed E-state index contributed by atoms with van der Waals surface area (Å²) in [6.45, 7) is 2.43. The molecule has 1 aromatic rings. The summed E-state index contributed by atoms with van der Waals surface area (Å²) in [6.07, 6.45) is 6.33. The van der Waals surface area contributed by atoms with Crippen LogP contribution in [0.15, 0.2) is 18.2 Å². The molecule has 1 aliphatic carbocycles. The van der Waals surface area contributed by atoms with Gasteiger partial charge in [-0.1, -0.05) is 19.3 Å². The van der Waals surface area contributed by atoms with E-state index in [4.69, 9.17) is 9.47 Å². The van der Waals surface area contributed by atoms with Crippen LogP contribution in [0.1, 0.15) is 49.4 Å². The summed E-state index contributed by atoms with van der Waals surface area (Å²) in [4.78, 5) is 11.7. The summed E-state index contributed by atoms with van der Waals surface area (Å²) in [5.74, 6) is 0.220. The molecule has 4 heteroatoms. The summed E-state index contributed by atoms with van der Waals surface area (Å²) in [6, 6.07) is 6.11. The van der Waals surface area contributed by atoms with E-state index in [0.717, 1.165) is 5.69 Å². The van der Waals surface area contributed by atoms with Gasteiger partial charge >= 0.3 is 5.97 Å². The van der Waals surface area contributed by atoms with Crippen molar-refractivity contribution in [1.82, 2.24) is 0 Å². The van der Waals surface area contributed by atoms with E-state index in [1.165, 1.54) is 39.2 Å². The predicted octanol–water partition coefficient (Wildman–Crippen LogP) is 3.62. The number of ether oxygens (including phenoxy) is 2. The Labute approximate surface area is 120 Å². The lowest BCUT2D eigenvalue weighted by Gasteiger charge is -2.24. The summed E-state index contributed by atoms with van der Waals surface area (Å²) in [7, 11) is 1.38. The zero-order chi connectivity index (χ0) is 14.4. The molecule has 0 amide bonds. The van der Waals surface area contributed by atoms with E-state index in [-0.39, 0.29) is 5.97 Å². The Balaban J connectivity index is 2.13. The van der Waals surface area contributed by atoms with Gasteiger partial charge in [-0.2, -0.15) is 0 Å². The van der Waals surface area contributed by atoms with Gasteiger partial charge in [0.2, 0.25) is 0 Å². The molecule has 0 saturated heterocycles. The molecule has 1 saturated carbocycles. The molecule has 0 aromatic heterocycles. The summed E-state index contributed by atoms with van der Waals surface area (Å²) in [5, 5.41) is 3.53. The largest absolute Gasteiger partial charge is 0.493 e. The van der Waals surface area contributed by atoms with E-state index in [0.29, 0.717) is 24.0 Å². The number of nitrogens with one attached hydrogen (secondary N) is 1. The molecule has 1 aliphatic rings. The zero-order valence-corrected chi connectivity index (χ0v) is 12.3. The molecular weight excluding hydrogens is 254 g/mol. The van der Waals surface area contributed by atoms with Crippen LogP contribution in [0.2, 0.25) is 0 Å². The molecule has 2 rings (SSSR count). The van der Waals surface area contributed by atoms with Crippen LogP contribution in [0.4, 0.5) is 5.69 Å². The van der Waals surface area contributed by atoms with Crippen molar-refractivity contribution in [3.63, 3.8) is 0 Å². The fraction of sp³-hybridized carbons (Fsp3) is 0.562. The first-order valence-electron chi connectivity index (χ1n) is 7.36. The van der Waals surface area contributed by atoms with Crippen molar-refractivity contribution in [2.75, 3.05) is 19.0 Å². The SMILES string of the molecule is CCOc1cc(NC2CCCCC2)ccc1C(=O)OC. The molecule has 0 atom stereocenters. The third kappa shape index (κ3) is 3.65. The lowest BCUT2D eigenvalue weighted by Crippen LogP contribution is -2.22. The molecule has 4 nitrogen and oxygen atoms in total. The number of rotatable bonds is 5. The van der Waals surface area contributed by atoms with Crippen molar-refractivity contribution >= 4 is 11.7 Å². The second-order valence-corrected chi connectivity index (χ2v) is 5.11. The highest BCUT2D eigenvalue weighted by Crippen LogP contribution is 2.27. The van der Waals surface area contributed by atoms with E-state index < -0.39 is 0 Å². The molecule has 1 fully saturated rings. The Hall–Kier alpha value is -1.71. The lowest BCUT2D eigenvalue weighted by atomic mass is 9.95. The van der Waals surface area contributed by atoms with Crippen molar-refractivity contribution < 1.29 is 14.3 Å². The highest BCUT2D eigenvalue weighted by Gasteiger charge is 2.16. The van der Waals surface area contributed by atoms with Gasteiger partial charge in [-0.25, -0.2) is 4.79 Å². The Bertz CT molecular complexity index is 453. The molecule has 0 heterocycles. The van der Waals surface area contributed by atoms with Crippen LogP contribution in [-0.2, 0) is 4.74 Å². The number of methoxy groups -OCH3 is 1. The fourth-order valence-corrected chi connectivity index (χ4v) is 2.65. The number of anilines is 1. The molecule has 0 aliphatic heterocycles. The molecule has 0 unspecified atom stereocenters. The minimum absolute atomic E-state index is 0.363. The molecule has 1 N–H and O–H groups in total. The maximum Gasteiger partial charge on any atom is 0.341 e. The number of benzene rings is 1. The quantitative estimate of drug-likeness (QED) is 0.835. The van der Waals surface area contributed by atoms with Gasteiger partial charge in [0.1, 0.15) is 11.3 Å². The van der Waals surface area contributed by atoms with E-state index in [2.05, 4.69) is 5.32 Å². The smallest absolute Gasteiger partial charge is 0.341 e. The van der Waals surface area contributed by atoms with Crippen LogP contribution in [0.5, 0.6) is 5.75 Å². The van der Waals surface area contributed by atoms with Crippen molar-refractivity contribution in [2.45, 2.75) is 45.1 Å². The molecule has 0 bridgehead atoms. The Morgan fingerprint density at radius 2 is 2.05 bits per heavy atom. The van der Waals surface area contributed by atoms with Gasteiger partial charge in [0, 0.05) is 17.8 Å². The summed E-state index contributed by atoms with van der Waals surface area (Å²) < 4.78 is 10.3. The molecule has 0 spiro atoms. The average Bonchev–Trinajstić information content (AvgIpc) is 2.48. The monoisotopic (exact) mass is 277 g/mol. The van der Waals surface area contributed by atoms with Crippen LogP contribution < -0.4 is 10.1 Å². The normalized spacial score (nSPS) is 15.7. The molecule has 0 radical (unpaired) electrons. The topological polar surface area (TPSA) is 47.6 Å². The number of carbonyl (C=O) groups is 1. The van der Waals surface area contributed by atoms with Crippen LogP contribution in [-0.4, -0.2) is 25.7 Å². The van der Waals surface area contributed by atoms with Crippen LogP contribution in [0, 0.1) is 0 Å². The number of hydrogen-bond acceptors (Lipinski definition) is 4. The van der Waals surface area contributed by atoms with Gasteiger partial charge in [0.05, 0.1) is 13.7 Å². The van der Waals surface area contributed by atoms with Gasteiger partial charge < -0.3 is 14.8 Å². The first-order chi connectivity index (χ1) is 9.74. The van der Waals surface area contributed by atoms with E-state index in [1.807, 2.05) is 19.1 Å². The van der Waals surface area contributed by atoms with Gasteiger partial charge in [-0.3, -0.25) is 0 Å². The van der Waals surface area contributed by atoms with Gasteiger partial charge in [-0.15, -0.1) is 0 Å². The van der Waals surface area contributed by atoms with Crippen LogP contribution >= 0.6 is 0 Å². The van der Waals surface area contributed by atoms with Crippen LogP contribution in [0.3, 0.4) is 0 Å². The second-order valence-electron chi connectivity index (χ2n) is 5.11. The summed E-state index contributed by atoms with van der Waals surface area (Å²) >= 11 is 0. The second kappa shape index (κ2) is 7.17. The maximum absolute atomic E-state index is 11.7. The van der Waals surface area contributed by atoms with Gasteiger partial charge in [0.15, 0.2) is 0 Å². The van der Waals surface area contributed by atoms with Gasteiger partial charge in [-0.05, 0) is 31.9 Å². The minimum atomic E-state index is -0.363. The third-order valence-corrected chi connectivity index (χ3v) is 3.66. The molecule has 20 heavy (non-hydrogen) atoms. The average molecular weight is 277 g/mol. The first kappa shape index (κ1) is 14.7.